The maximum atomic E-state index is 13.7. The molecule has 0 aliphatic carbocycles. The molecular formula is C14H21FN2O. The molecule has 1 fully saturated rings. The van der Waals surface area contributed by atoms with E-state index < -0.39 is 0 Å². The maximum Gasteiger partial charge on any atom is 0.165 e. The lowest BCUT2D eigenvalue weighted by atomic mass is 10.1. The predicted octanol–water partition coefficient (Wildman–Crippen LogP) is 1.80. The molecule has 2 N–H and O–H groups in total. The Labute approximate surface area is 108 Å². The quantitative estimate of drug-likeness (QED) is 0.839. The number of halogens is 1. The predicted molar refractivity (Wildman–Crippen MR) is 70.3 cm³/mol. The summed E-state index contributed by atoms with van der Waals surface area (Å²) in [4.78, 5) is 2.35. The van der Waals surface area contributed by atoms with E-state index in [0.29, 0.717) is 25.3 Å². The first-order valence-electron chi connectivity index (χ1n) is 6.63. The first-order valence-corrected chi connectivity index (χ1v) is 6.63. The zero-order chi connectivity index (χ0) is 12.8. The lowest BCUT2D eigenvalue weighted by molar-refractivity contribution is 0.231. The Morgan fingerprint density at radius 1 is 1.28 bits per heavy atom. The van der Waals surface area contributed by atoms with Crippen molar-refractivity contribution in [2.24, 2.45) is 5.73 Å². The zero-order valence-electron chi connectivity index (χ0n) is 10.7. The second kappa shape index (κ2) is 6.71. The third-order valence-corrected chi connectivity index (χ3v) is 3.29. The van der Waals surface area contributed by atoms with Crippen LogP contribution in [0.15, 0.2) is 18.2 Å². The van der Waals surface area contributed by atoms with E-state index in [-0.39, 0.29) is 5.82 Å². The van der Waals surface area contributed by atoms with Crippen LogP contribution < -0.4 is 10.5 Å². The van der Waals surface area contributed by atoms with Crippen molar-refractivity contribution < 1.29 is 9.13 Å². The summed E-state index contributed by atoms with van der Waals surface area (Å²) in [6.45, 7) is 4.24. The molecule has 0 unspecified atom stereocenters. The summed E-state index contributed by atoms with van der Waals surface area (Å²) in [5, 5.41) is 0. The Kier molecular flexibility index (Phi) is 4.96. The van der Waals surface area contributed by atoms with E-state index in [1.807, 2.05) is 6.07 Å². The third kappa shape index (κ3) is 3.68. The molecule has 0 radical (unpaired) electrons. The first kappa shape index (κ1) is 13.3. The first-order chi connectivity index (χ1) is 8.79. The van der Waals surface area contributed by atoms with Crippen LogP contribution in [0.3, 0.4) is 0 Å². The second-order valence-corrected chi connectivity index (χ2v) is 4.70. The van der Waals surface area contributed by atoms with E-state index in [1.54, 1.807) is 6.07 Å². The molecule has 0 atom stereocenters. The number of benzene rings is 1. The van der Waals surface area contributed by atoms with Gasteiger partial charge in [0.2, 0.25) is 0 Å². The SMILES string of the molecule is NCCc1ccc(OCCN2CCCC2)c(F)c1. The fourth-order valence-electron chi connectivity index (χ4n) is 2.27. The van der Waals surface area contributed by atoms with E-state index in [0.717, 1.165) is 25.2 Å². The fourth-order valence-corrected chi connectivity index (χ4v) is 2.27. The number of hydrogen-bond donors (Lipinski definition) is 1. The molecule has 1 aromatic rings. The molecule has 1 aromatic carbocycles. The summed E-state index contributed by atoms with van der Waals surface area (Å²) >= 11 is 0. The molecule has 0 amide bonds. The van der Waals surface area contributed by atoms with Crippen LogP contribution in [0, 0.1) is 5.82 Å². The van der Waals surface area contributed by atoms with Gasteiger partial charge < -0.3 is 10.5 Å². The average molecular weight is 252 g/mol. The highest BCUT2D eigenvalue weighted by Crippen LogP contribution is 2.18. The largest absolute Gasteiger partial charge is 0.489 e. The normalized spacial score (nSPS) is 16.1. The highest BCUT2D eigenvalue weighted by Gasteiger charge is 2.11. The Morgan fingerprint density at radius 2 is 2.06 bits per heavy atom. The minimum Gasteiger partial charge on any atom is -0.489 e. The zero-order valence-corrected chi connectivity index (χ0v) is 10.7. The lowest BCUT2D eigenvalue weighted by Gasteiger charge is -2.15. The van der Waals surface area contributed by atoms with E-state index in [2.05, 4.69) is 4.90 Å². The molecule has 0 saturated carbocycles. The van der Waals surface area contributed by atoms with E-state index in [9.17, 15) is 4.39 Å². The molecule has 3 nitrogen and oxygen atoms in total. The summed E-state index contributed by atoms with van der Waals surface area (Å²) in [6, 6.07) is 5.09. The van der Waals surface area contributed by atoms with Crippen molar-refractivity contribution in [2.75, 3.05) is 32.8 Å². The monoisotopic (exact) mass is 252 g/mol. The number of nitrogens with zero attached hydrogens (tertiary/aromatic N) is 1. The Morgan fingerprint density at radius 3 is 2.72 bits per heavy atom. The van der Waals surface area contributed by atoms with Crippen LogP contribution in [-0.2, 0) is 6.42 Å². The van der Waals surface area contributed by atoms with Crippen LogP contribution in [0.25, 0.3) is 0 Å². The molecule has 2 rings (SSSR count). The Balaban J connectivity index is 1.81. The number of ether oxygens (including phenoxy) is 1. The number of rotatable bonds is 6. The average Bonchev–Trinajstić information content (AvgIpc) is 2.85. The van der Waals surface area contributed by atoms with Crippen LogP contribution >= 0.6 is 0 Å². The van der Waals surface area contributed by atoms with Crippen molar-refractivity contribution in [2.45, 2.75) is 19.3 Å². The molecule has 100 valence electrons. The standard InChI is InChI=1S/C14H21FN2O/c15-13-11-12(5-6-16)3-4-14(13)18-10-9-17-7-1-2-8-17/h3-4,11H,1-2,5-10,16H2. The fraction of sp³-hybridized carbons (Fsp3) is 0.571. The van der Waals surface area contributed by atoms with Gasteiger partial charge in [0, 0.05) is 6.54 Å². The minimum atomic E-state index is -0.289. The molecular weight excluding hydrogens is 231 g/mol. The van der Waals surface area contributed by atoms with Crippen LogP contribution in [-0.4, -0.2) is 37.7 Å². The smallest absolute Gasteiger partial charge is 0.165 e. The van der Waals surface area contributed by atoms with Gasteiger partial charge in [-0.3, -0.25) is 4.90 Å². The van der Waals surface area contributed by atoms with Gasteiger partial charge in [-0.2, -0.15) is 0 Å². The van der Waals surface area contributed by atoms with Gasteiger partial charge in [-0.15, -0.1) is 0 Å². The van der Waals surface area contributed by atoms with Gasteiger partial charge in [-0.1, -0.05) is 6.07 Å². The van der Waals surface area contributed by atoms with E-state index in [1.165, 1.54) is 18.9 Å². The van der Waals surface area contributed by atoms with Gasteiger partial charge in [-0.25, -0.2) is 4.39 Å². The van der Waals surface area contributed by atoms with Gasteiger partial charge in [0.15, 0.2) is 11.6 Å². The summed E-state index contributed by atoms with van der Waals surface area (Å²) in [5.74, 6) is 0.0531. The summed E-state index contributed by atoms with van der Waals surface area (Å²) in [6.07, 6.45) is 3.23. The van der Waals surface area contributed by atoms with Gasteiger partial charge >= 0.3 is 0 Å². The minimum absolute atomic E-state index is 0.289. The number of likely N-dealkylation sites (tertiary alicyclic amines) is 1. The molecule has 0 spiro atoms. The summed E-state index contributed by atoms with van der Waals surface area (Å²) in [7, 11) is 0. The van der Waals surface area contributed by atoms with Crippen molar-refractivity contribution in [3.8, 4) is 5.75 Å². The maximum absolute atomic E-state index is 13.7. The summed E-state index contributed by atoms with van der Waals surface area (Å²) < 4.78 is 19.2. The van der Waals surface area contributed by atoms with Crippen molar-refractivity contribution in [3.05, 3.63) is 29.6 Å². The van der Waals surface area contributed by atoms with Crippen molar-refractivity contribution >= 4 is 0 Å². The number of hydrogen-bond acceptors (Lipinski definition) is 3. The van der Waals surface area contributed by atoms with Crippen LogP contribution in [0.1, 0.15) is 18.4 Å². The van der Waals surface area contributed by atoms with Crippen molar-refractivity contribution in [3.63, 3.8) is 0 Å². The Bertz CT molecular complexity index is 378. The molecule has 0 bridgehead atoms. The molecule has 0 aromatic heterocycles. The van der Waals surface area contributed by atoms with Crippen LogP contribution in [0.4, 0.5) is 4.39 Å². The summed E-state index contributed by atoms with van der Waals surface area (Å²) in [5.41, 5.74) is 6.36. The van der Waals surface area contributed by atoms with Gasteiger partial charge in [0.25, 0.3) is 0 Å². The number of nitrogens with two attached hydrogens (primary N) is 1. The molecule has 18 heavy (non-hydrogen) atoms. The van der Waals surface area contributed by atoms with Crippen LogP contribution in [0.5, 0.6) is 5.75 Å². The van der Waals surface area contributed by atoms with Crippen LogP contribution in [0.2, 0.25) is 0 Å². The molecule has 1 aliphatic rings. The highest BCUT2D eigenvalue weighted by atomic mass is 19.1. The topological polar surface area (TPSA) is 38.5 Å². The third-order valence-electron chi connectivity index (χ3n) is 3.29. The van der Waals surface area contributed by atoms with Gasteiger partial charge in [0.05, 0.1) is 0 Å². The molecule has 1 heterocycles. The van der Waals surface area contributed by atoms with Gasteiger partial charge in [-0.05, 0) is 56.6 Å². The van der Waals surface area contributed by atoms with E-state index in [4.69, 9.17) is 10.5 Å². The van der Waals surface area contributed by atoms with Crippen molar-refractivity contribution in [1.82, 2.24) is 4.90 Å². The molecule has 1 saturated heterocycles. The highest BCUT2D eigenvalue weighted by molar-refractivity contribution is 5.29. The van der Waals surface area contributed by atoms with Gasteiger partial charge in [0.1, 0.15) is 6.61 Å². The van der Waals surface area contributed by atoms with Crippen molar-refractivity contribution in [1.29, 1.82) is 0 Å². The second-order valence-electron chi connectivity index (χ2n) is 4.70. The Hall–Kier alpha value is -1.13. The lowest BCUT2D eigenvalue weighted by Crippen LogP contribution is -2.25. The van der Waals surface area contributed by atoms with E-state index >= 15 is 0 Å². The molecule has 1 aliphatic heterocycles. The molecule has 4 heteroatoms.